The molecule has 6 heteroatoms. The van der Waals surface area contributed by atoms with Crippen LogP contribution in [0.1, 0.15) is 35.4 Å². The lowest BCUT2D eigenvalue weighted by molar-refractivity contribution is 0.357. The first-order valence-corrected chi connectivity index (χ1v) is 7.46. The van der Waals surface area contributed by atoms with Gasteiger partial charge in [0.2, 0.25) is 11.7 Å². The summed E-state index contributed by atoms with van der Waals surface area (Å²) in [6.07, 6.45) is 5.54. The van der Waals surface area contributed by atoms with Crippen molar-refractivity contribution in [1.82, 2.24) is 20.1 Å². The molecule has 0 amide bonds. The molecule has 1 aliphatic heterocycles. The summed E-state index contributed by atoms with van der Waals surface area (Å²) < 4.78 is 11.0. The van der Waals surface area contributed by atoms with Gasteiger partial charge in [-0.05, 0) is 30.2 Å². The Bertz CT molecular complexity index is 825. The van der Waals surface area contributed by atoms with E-state index in [0.717, 1.165) is 36.5 Å². The molecule has 6 nitrogen and oxygen atoms in total. The fourth-order valence-electron chi connectivity index (χ4n) is 3.11. The minimum Gasteiger partial charge on any atom is -0.493 e. The second-order valence-corrected chi connectivity index (χ2v) is 5.83. The lowest BCUT2D eigenvalue weighted by Crippen LogP contribution is -1.86. The van der Waals surface area contributed by atoms with Gasteiger partial charge in [0.25, 0.3) is 0 Å². The van der Waals surface area contributed by atoms with E-state index in [0.29, 0.717) is 23.6 Å². The molecule has 0 saturated heterocycles. The van der Waals surface area contributed by atoms with E-state index in [1.807, 2.05) is 18.3 Å². The van der Waals surface area contributed by atoms with Crippen molar-refractivity contribution < 1.29 is 9.26 Å². The van der Waals surface area contributed by atoms with Gasteiger partial charge in [-0.25, -0.2) is 4.98 Å². The van der Waals surface area contributed by atoms with Crippen LogP contribution in [0.5, 0.6) is 5.75 Å². The normalized spacial score (nSPS) is 22.4. The monoisotopic (exact) mass is 294 g/mol. The number of aromatic amines is 1. The highest BCUT2D eigenvalue weighted by atomic mass is 16.5. The molecule has 2 atom stereocenters. The zero-order valence-corrected chi connectivity index (χ0v) is 11.8. The van der Waals surface area contributed by atoms with Crippen molar-refractivity contribution in [2.24, 2.45) is 0 Å². The number of aromatic nitrogens is 4. The van der Waals surface area contributed by atoms with Crippen molar-refractivity contribution in [2.75, 3.05) is 6.61 Å². The number of hydrogen-bond acceptors (Lipinski definition) is 5. The number of nitrogens with zero attached hydrogens (tertiary/aromatic N) is 3. The predicted molar refractivity (Wildman–Crippen MR) is 77.6 cm³/mol. The molecule has 2 aromatic heterocycles. The van der Waals surface area contributed by atoms with E-state index in [4.69, 9.17) is 9.26 Å². The molecule has 1 fully saturated rings. The summed E-state index contributed by atoms with van der Waals surface area (Å²) in [5, 5.41) is 4.14. The molecular weight excluding hydrogens is 280 g/mol. The maximum absolute atomic E-state index is 5.52. The summed E-state index contributed by atoms with van der Waals surface area (Å²) in [6.45, 7) is 0.754. The van der Waals surface area contributed by atoms with E-state index in [1.165, 1.54) is 5.56 Å². The molecule has 110 valence electrons. The SMILES string of the molecule is c1ncc([C@H]2C[C@@H]2c2nc(-c3ccc4c(c3)CCO4)no2)[nH]1. The van der Waals surface area contributed by atoms with Crippen molar-refractivity contribution >= 4 is 0 Å². The fraction of sp³-hybridized carbons (Fsp3) is 0.312. The van der Waals surface area contributed by atoms with Crippen LogP contribution in [0.15, 0.2) is 35.2 Å². The van der Waals surface area contributed by atoms with E-state index < -0.39 is 0 Å². The Balaban J connectivity index is 1.41. The summed E-state index contributed by atoms with van der Waals surface area (Å²) in [5.41, 5.74) is 3.34. The van der Waals surface area contributed by atoms with Gasteiger partial charge in [-0.15, -0.1) is 0 Å². The molecule has 0 unspecified atom stereocenters. The smallest absolute Gasteiger partial charge is 0.230 e. The van der Waals surface area contributed by atoms with E-state index in [1.54, 1.807) is 6.33 Å². The van der Waals surface area contributed by atoms with Gasteiger partial charge >= 0.3 is 0 Å². The summed E-state index contributed by atoms with van der Waals surface area (Å²) in [6, 6.07) is 6.06. The van der Waals surface area contributed by atoms with Gasteiger partial charge in [0.05, 0.1) is 12.9 Å². The van der Waals surface area contributed by atoms with Gasteiger partial charge in [-0.3, -0.25) is 0 Å². The number of ether oxygens (including phenoxy) is 1. The first kappa shape index (κ1) is 12.0. The Morgan fingerprint density at radius 2 is 2.23 bits per heavy atom. The lowest BCUT2D eigenvalue weighted by atomic mass is 10.1. The zero-order valence-electron chi connectivity index (χ0n) is 11.8. The summed E-state index contributed by atoms with van der Waals surface area (Å²) in [4.78, 5) is 11.8. The highest BCUT2D eigenvalue weighted by Crippen LogP contribution is 2.53. The van der Waals surface area contributed by atoms with Crippen LogP contribution in [-0.2, 0) is 6.42 Å². The highest BCUT2D eigenvalue weighted by molar-refractivity contribution is 5.59. The molecule has 3 heterocycles. The van der Waals surface area contributed by atoms with Gasteiger partial charge in [-0.2, -0.15) is 4.98 Å². The van der Waals surface area contributed by atoms with Crippen molar-refractivity contribution in [3.05, 3.63) is 47.9 Å². The molecular formula is C16H14N4O2. The van der Waals surface area contributed by atoms with Gasteiger partial charge in [0, 0.05) is 35.7 Å². The number of fused-ring (bicyclic) bond motifs is 1. The third kappa shape index (κ3) is 1.83. The predicted octanol–water partition coefficient (Wildman–Crippen LogP) is 2.67. The molecule has 22 heavy (non-hydrogen) atoms. The first-order chi connectivity index (χ1) is 10.9. The largest absolute Gasteiger partial charge is 0.493 e. The number of hydrogen-bond donors (Lipinski definition) is 1. The summed E-state index contributed by atoms with van der Waals surface area (Å²) >= 11 is 0. The third-order valence-corrected chi connectivity index (χ3v) is 4.42. The Morgan fingerprint density at radius 1 is 1.23 bits per heavy atom. The van der Waals surface area contributed by atoms with Gasteiger partial charge in [0.1, 0.15) is 5.75 Å². The molecule has 3 aromatic rings. The van der Waals surface area contributed by atoms with Crippen LogP contribution in [0.2, 0.25) is 0 Å². The number of imidazole rings is 1. The van der Waals surface area contributed by atoms with Crippen LogP contribution >= 0.6 is 0 Å². The van der Waals surface area contributed by atoms with E-state index in [-0.39, 0.29) is 0 Å². The second kappa shape index (κ2) is 4.43. The second-order valence-electron chi connectivity index (χ2n) is 5.83. The maximum atomic E-state index is 5.52. The molecule has 5 rings (SSSR count). The molecule has 0 radical (unpaired) electrons. The molecule has 1 N–H and O–H groups in total. The Morgan fingerprint density at radius 3 is 3.14 bits per heavy atom. The summed E-state index contributed by atoms with van der Waals surface area (Å²) in [5.74, 6) is 3.06. The molecule has 0 bridgehead atoms. The number of H-pyrrole nitrogens is 1. The Labute approximate surface area is 126 Å². The molecule has 1 aromatic carbocycles. The summed E-state index contributed by atoms with van der Waals surface area (Å²) in [7, 11) is 0. The zero-order chi connectivity index (χ0) is 14.5. The quantitative estimate of drug-likeness (QED) is 0.803. The first-order valence-electron chi connectivity index (χ1n) is 7.46. The van der Waals surface area contributed by atoms with E-state index in [9.17, 15) is 0 Å². The van der Waals surface area contributed by atoms with E-state index in [2.05, 4.69) is 26.2 Å². The van der Waals surface area contributed by atoms with Gasteiger partial charge < -0.3 is 14.2 Å². The van der Waals surface area contributed by atoms with Crippen LogP contribution in [0.25, 0.3) is 11.4 Å². The van der Waals surface area contributed by atoms with E-state index >= 15 is 0 Å². The van der Waals surface area contributed by atoms with Crippen molar-refractivity contribution in [2.45, 2.75) is 24.7 Å². The minimum absolute atomic E-state index is 0.305. The van der Waals surface area contributed by atoms with Crippen LogP contribution in [0, 0.1) is 0 Å². The van der Waals surface area contributed by atoms with Crippen LogP contribution in [0.4, 0.5) is 0 Å². The fourth-order valence-corrected chi connectivity index (χ4v) is 3.11. The maximum Gasteiger partial charge on any atom is 0.230 e. The van der Waals surface area contributed by atoms with Crippen LogP contribution in [-0.4, -0.2) is 26.7 Å². The average molecular weight is 294 g/mol. The standard InChI is InChI=1S/C16H14N4O2/c1-2-14-9(3-4-21-14)5-10(1)15-19-16(22-20-15)12-6-11(12)13-7-17-8-18-13/h1-2,5,7-8,11-12H,3-4,6H2,(H,17,18)/t11-,12-/m0/s1. The van der Waals surface area contributed by atoms with Crippen molar-refractivity contribution in [3.63, 3.8) is 0 Å². The molecule has 1 aliphatic carbocycles. The Hall–Kier alpha value is -2.63. The number of benzene rings is 1. The van der Waals surface area contributed by atoms with Crippen molar-refractivity contribution in [1.29, 1.82) is 0 Å². The molecule has 0 spiro atoms. The topological polar surface area (TPSA) is 76.8 Å². The van der Waals surface area contributed by atoms with Gasteiger partial charge in [0.15, 0.2) is 0 Å². The lowest BCUT2D eigenvalue weighted by Gasteiger charge is -1.99. The van der Waals surface area contributed by atoms with Crippen LogP contribution in [0.3, 0.4) is 0 Å². The number of rotatable bonds is 3. The van der Waals surface area contributed by atoms with Crippen LogP contribution < -0.4 is 4.74 Å². The molecule has 1 saturated carbocycles. The average Bonchev–Trinajstić information content (AvgIpc) is 3.03. The van der Waals surface area contributed by atoms with Gasteiger partial charge in [-0.1, -0.05) is 5.16 Å². The number of nitrogens with one attached hydrogen (secondary N) is 1. The highest BCUT2D eigenvalue weighted by Gasteiger charge is 2.44. The third-order valence-electron chi connectivity index (χ3n) is 4.42. The molecule has 2 aliphatic rings. The minimum atomic E-state index is 0.305. The van der Waals surface area contributed by atoms with Crippen molar-refractivity contribution in [3.8, 4) is 17.1 Å². The Kier molecular flexibility index (Phi) is 2.41.